The van der Waals surface area contributed by atoms with Crippen molar-refractivity contribution in [3.63, 3.8) is 0 Å². The highest BCUT2D eigenvalue weighted by molar-refractivity contribution is 5.80. The number of fused-ring (bicyclic) bond motifs is 3. The van der Waals surface area contributed by atoms with Crippen LogP contribution in [0.15, 0.2) is 82.4 Å². The number of nitrogens with zero attached hydrogens (tertiary/aromatic N) is 1. The molecule has 1 heterocycles. The summed E-state index contributed by atoms with van der Waals surface area (Å²) in [5, 5.41) is 0. The van der Waals surface area contributed by atoms with Crippen LogP contribution in [0.4, 0.5) is 0 Å². The lowest BCUT2D eigenvalue weighted by Gasteiger charge is -2.16. The second-order valence-electron chi connectivity index (χ2n) is 8.98. The molecule has 0 spiro atoms. The molecule has 5 nitrogen and oxygen atoms in total. The van der Waals surface area contributed by atoms with Gasteiger partial charge in [0.05, 0.1) is 5.92 Å². The first kappa shape index (κ1) is 23.6. The quantitative estimate of drug-likeness (QED) is 0.322. The van der Waals surface area contributed by atoms with Crippen LogP contribution in [0.2, 0.25) is 0 Å². The van der Waals surface area contributed by atoms with Gasteiger partial charge in [0, 0.05) is 17.7 Å². The molecule has 0 saturated heterocycles. The van der Waals surface area contributed by atoms with Crippen molar-refractivity contribution in [1.82, 2.24) is 9.55 Å². The third kappa shape index (κ3) is 4.44. The zero-order valence-electron chi connectivity index (χ0n) is 20.5. The molecule has 0 amide bonds. The SMILES string of the molecule is CCc1c(Cc2ccccc2C)n(COCC#CC2c3ccccc3-c3ccccc32)c(=O)[nH]c1=O. The Labute approximate surface area is 210 Å². The standard InChI is InChI=1S/C31H28N2O3/c1-3-23-29(19-22-12-5-4-11-21(22)2)33(31(35)32-30(23)34)20-36-18-10-17-28-26-15-8-6-13-24(26)25-14-7-9-16-27(25)28/h4-9,11-16,28H,3,18-20H2,1-2H3,(H,32,34,35). The number of hydrogen-bond acceptors (Lipinski definition) is 3. The Morgan fingerprint density at radius 1 is 0.917 bits per heavy atom. The van der Waals surface area contributed by atoms with E-state index in [4.69, 9.17) is 4.74 Å². The van der Waals surface area contributed by atoms with Crippen molar-refractivity contribution in [2.24, 2.45) is 0 Å². The van der Waals surface area contributed by atoms with Crippen LogP contribution in [0, 0.1) is 18.8 Å². The van der Waals surface area contributed by atoms with Gasteiger partial charge in [-0.3, -0.25) is 14.3 Å². The summed E-state index contributed by atoms with van der Waals surface area (Å²) in [6, 6.07) is 24.7. The Bertz CT molecular complexity index is 1560. The Morgan fingerprint density at radius 3 is 2.22 bits per heavy atom. The van der Waals surface area contributed by atoms with E-state index in [1.54, 1.807) is 0 Å². The molecule has 1 aliphatic rings. The van der Waals surface area contributed by atoms with E-state index in [0.717, 1.165) is 11.1 Å². The Morgan fingerprint density at radius 2 is 1.56 bits per heavy atom. The van der Waals surface area contributed by atoms with Gasteiger partial charge in [-0.15, -0.1) is 0 Å². The van der Waals surface area contributed by atoms with Gasteiger partial charge < -0.3 is 4.74 Å². The summed E-state index contributed by atoms with van der Waals surface area (Å²) in [6.45, 7) is 4.15. The fourth-order valence-electron chi connectivity index (χ4n) is 4.99. The number of H-pyrrole nitrogens is 1. The van der Waals surface area contributed by atoms with E-state index in [1.165, 1.54) is 26.8 Å². The lowest BCUT2D eigenvalue weighted by atomic mass is 9.98. The maximum atomic E-state index is 12.7. The van der Waals surface area contributed by atoms with E-state index in [2.05, 4.69) is 53.2 Å². The van der Waals surface area contributed by atoms with Crippen LogP contribution in [-0.2, 0) is 24.3 Å². The molecule has 0 atom stereocenters. The van der Waals surface area contributed by atoms with Crippen LogP contribution in [0.3, 0.4) is 0 Å². The van der Waals surface area contributed by atoms with E-state index < -0.39 is 5.69 Å². The van der Waals surface area contributed by atoms with Gasteiger partial charge in [0.25, 0.3) is 5.56 Å². The van der Waals surface area contributed by atoms with Crippen molar-refractivity contribution in [2.45, 2.75) is 39.3 Å². The number of hydrogen-bond donors (Lipinski definition) is 1. The minimum atomic E-state index is -0.465. The summed E-state index contributed by atoms with van der Waals surface area (Å²) in [5.74, 6) is 6.53. The number of rotatable bonds is 6. The van der Waals surface area contributed by atoms with Crippen LogP contribution < -0.4 is 11.2 Å². The van der Waals surface area contributed by atoms with Crippen molar-refractivity contribution in [3.05, 3.63) is 127 Å². The summed E-state index contributed by atoms with van der Waals surface area (Å²) in [4.78, 5) is 27.7. The Kier molecular flexibility index (Phi) is 6.71. The van der Waals surface area contributed by atoms with Gasteiger partial charge in [0.2, 0.25) is 0 Å². The molecule has 1 aliphatic carbocycles. The Balaban J connectivity index is 1.37. The van der Waals surface area contributed by atoms with Gasteiger partial charge in [0.1, 0.15) is 13.3 Å². The van der Waals surface area contributed by atoms with Gasteiger partial charge in [0.15, 0.2) is 0 Å². The summed E-state index contributed by atoms with van der Waals surface area (Å²) < 4.78 is 7.37. The van der Waals surface area contributed by atoms with Gasteiger partial charge in [-0.1, -0.05) is 91.6 Å². The number of aryl methyl sites for hydroxylation is 1. The van der Waals surface area contributed by atoms with Crippen molar-refractivity contribution in [3.8, 4) is 23.0 Å². The molecule has 180 valence electrons. The first-order valence-corrected chi connectivity index (χ1v) is 12.2. The molecule has 5 heteroatoms. The molecule has 3 aromatic carbocycles. The predicted octanol–water partition coefficient (Wildman–Crippen LogP) is 4.79. The van der Waals surface area contributed by atoms with Crippen LogP contribution in [0.1, 0.15) is 46.4 Å². The summed E-state index contributed by atoms with van der Waals surface area (Å²) >= 11 is 0. The molecule has 1 N–H and O–H groups in total. The van der Waals surface area contributed by atoms with Crippen LogP contribution in [0.5, 0.6) is 0 Å². The smallest absolute Gasteiger partial charge is 0.330 e. The number of benzene rings is 3. The molecule has 0 unspecified atom stereocenters. The zero-order valence-corrected chi connectivity index (χ0v) is 20.5. The highest BCUT2D eigenvalue weighted by Crippen LogP contribution is 2.43. The molecule has 4 aromatic rings. The molecule has 0 aliphatic heterocycles. The number of ether oxygens (including phenoxy) is 1. The predicted molar refractivity (Wildman–Crippen MR) is 142 cm³/mol. The number of nitrogens with one attached hydrogen (secondary N) is 1. The third-order valence-corrected chi connectivity index (χ3v) is 6.86. The average molecular weight is 477 g/mol. The topological polar surface area (TPSA) is 64.1 Å². The number of aromatic amines is 1. The van der Waals surface area contributed by atoms with Crippen LogP contribution in [0.25, 0.3) is 11.1 Å². The maximum Gasteiger partial charge on any atom is 0.330 e. The summed E-state index contributed by atoms with van der Waals surface area (Å²) in [6.07, 6.45) is 1.01. The fourth-order valence-corrected chi connectivity index (χ4v) is 4.99. The molecule has 0 saturated carbocycles. The van der Waals surface area contributed by atoms with Crippen molar-refractivity contribution >= 4 is 0 Å². The van der Waals surface area contributed by atoms with Gasteiger partial charge >= 0.3 is 5.69 Å². The highest BCUT2D eigenvalue weighted by atomic mass is 16.5. The molecule has 0 fully saturated rings. The normalized spacial score (nSPS) is 12.1. The lowest BCUT2D eigenvalue weighted by Crippen LogP contribution is -2.36. The first-order valence-electron chi connectivity index (χ1n) is 12.2. The minimum absolute atomic E-state index is 0.000105. The van der Waals surface area contributed by atoms with Gasteiger partial charge in [-0.25, -0.2) is 4.79 Å². The van der Waals surface area contributed by atoms with Crippen molar-refractivity contribution < 1.29 is 4.74 Å². The zero-order chi connectivity index (χ0) is 25.1. The first-order chi connectivity index (χ1) is 17.6. The van der Waals surface area contributed by atoms with E-state index in [0.29, 0.717) is 24.1 Å². The van der Waals surface area contributed by atoms with E-state index in [1.807, 2.05) is 50.2 Å². The van der Waals surface area contributed by atoms with E-state index >= 15 is 0 Å². The molecular weight excluding hydrogens is 448 g/mol. The van der Waals surface area contributed by atoms with Crippen molar-refractivity contribution in [2.75, 3.05) is 6.61 Å². The molecule has 36 heavy (non-hydrogen) atoms. The second-order valence-corrected chi connectivity index (χ2v) is 8.98. The minimum Gasteiger partial charge on any atom is -0.348 e. The van der Waals surface area contributed by atoms with E-state index in [-0.39, 0.29) is 24.8 Å². The van der Waals surface area contributed by atoms with Crippen molar-refractivity contribution in [1.29, 1.82) is 0 Å². The highest BCUT2D eigenvalue weighted by Gasteiger charge is 2.26. The summed E-state index contributed by atoms with van der Waals surface area (Å²) in [5.41, 5.74) is 7.54. The van der Waals surface area contributed by atoms with Gasteiger partial charge in [-0.05, 0) is 46.7 Å². The van der Waals surface area contributed by atoms with E-state index in [9.17, 15) is 9.59 Å². The summed E-state index contributed by atoms with van der Waals surface area (Å²) in [7, 11) is 0. The molecule has 0 radical (unpaired) electrons. The Hall–Kier alpha value is -4.14. The van der Waals surface area contributed by atoms with Crippen LogP contribution in [-0.4, -0.2) is 16.2 Å². The molecule has 1 aromatic heterocycles. The third-order valence-electron chi connectivity index (χ3n) is 6.86. The molecule has 0 bridgehead atoms. The lowest BCUT2D eigenvalue weighted by molar-refractivity contribution is 0.0979. The monoisotopic (exact) mass is 476 g/mol. The maximum absolute atomic E-state index is 12.7. The number of aromatic nitrogens is 2. The second kappa shape index (κ2) is 10.2. The molecule has 5 rings (SSSR count). The van der Waals surface area contributed by atoms with Crippen LogP contribution >= 0.6 is 0 Å². The largest absolute Gasteiger partial charge is 0.348 e. The fraction of sp³-hybridized carbons (Fsp3) is 0.226. The molecular formula is C31H28N2O3. The average Bonchev–Trinajstić information content (AvgIpc) is 3.20. The van der Waals surface area contributed by atoms with Gasteiger partial charge in [-0.2, -0.15) is 0 Å².